The van der Waals surface area contributed by atoms with E-state index in [0.717, 1.165) is 11.1 Å². The summed E-state index contributed by atoms with van der Waals surface area (Å²) in [6.45, 7) is 0. The second kappa shape index (κ2) is 6.75. The Kier molecular flexibility index (Phi) is 4.53. The van der Waals surface area contributed by atoms with Crippen molar-refractivity contribution in [2.45, 2.75) is 6.04 Å². The minimum atomic E-state index is -0.284. The number of thiophene rings is 1. The number of benzene rings is 2. The lowest BCUT2D eigenvalue weighted by atomic mass is 9.97. The lowest BCUT2D eigenvalue weighted by molar-refractivity contribution is 0.0760. The number of nitrogens with zero attached hydrogens (tertiary/aromatic N) is 1. The summed E-state index contributed by atoms with van der Waals surface area (Å²) in [5.41, 5.74) is 1.87. The molecule has 1 heterocycles. The van der Waals surface area contributed by atoms with Crippen LogP contribution in [0.4, 0.5) is 4.39 Å². The van der Waals surface area contributed by atoms with E-state index in [-0.39, 0.29) is 17.8 Å². The first-order valence-corrected chi connectivity index (χ1v) is 8.16. The molecule has 1 amide bonds. The minimum absolute atomic E-state index is 0.0434. The van der Waals surface area contributed by atoms with E-state index < -0.39 is 0 Å². The number of rotatable bonds is 4. The summed E-state index contributed by atoms with van der Waals surface area (Å²) in [6.07, 6.45) is 0. The molecule has 0 spiro atoms. The first-order chi connectivity index (χ1) is 11.2. The van der Waals surface area contributed by atoms with E-state index in [2.05, 4.69) is 0 Å². The molecule has 0 aliphatic carbocycles. The molecular weight excluding hydrogens is 309 g/mol. The van der Waals surface area contributed by atoms with Crippen molar-refractivity contribution >= 4 is 17.2 Å². The molecule has 23 heavy (non-hydrogen) atoms. The Morgan fingerprint density at radius 1 is 0.957 bits per heavy atom. The van der Waals surface area contributed by atoms with E-state index in [1.54, 1.807) is 24.1 Å². The fourth-order valence-electron chi connectivity index (χ4n) is 2.61. The molecule has 0 bridgehead atoms. The molecule has 3 aromatic rings. The Morgan fingerprint density at radius 3 is 2.22 bits per heavy atom. The number of carbonyl (C=O) groups is 1. The first-order valence-electron chi connectivity index (χ1n) is 7.28. The van der Waals surface area contributed by atoms with Crippen molar-refractivity contribution in [2.75, 3.05) is 7.05 Å². The average Bonchev–Trinajstić information content (AvgIpc) is 3.11. The van der Waals surface area contributed by atoms with Crippen LogP contribution in [-0.2, 0) is 0 Å². The topological polar surface area (TPSA) is 20.3 Å². The van der Waals surface area contributed by atoms with Crippen LogP contribution in [0.5, 0.6) is 0 Å². The fraction of sp³-hybridized carbons (Fsp3) is 0.105. The first kappa shape index (κ1) is 15.4. The van der Waals surface area contributed by atoms with Gasteiger partial charge in [-0.3, -0.25) is 4.79 Å². The molecule has 0 aliphatic heterocycles. The van der Waals surface area contributed by atoms with Crippen molar-refractivity contribution in [3.8, 4) is 0 Å². The van der Waals surface area contributed by atoms with Crippen LogP contribution in [0.1, 0.15) is 26.8 Å². The van der Waals surface area contributed by atoms with Crippen LogP contribution in [0.3, 0.4) is 0 Å². The van der Waals surface area contributed by atoms with E-state index >= 15 is 0 Å². The number of hydrogen-bond donors (Lipinski definition) is 0. The summed E-state index contributed by atoms with van der Waals surface area (Å²) in [5, 5.41) is 1.89. The Labute approximate surface area is 138 Å². The van der Waals surface area contributed by atoms with Gasteiger partial charge in [-0.25, -0.2) is 4.39 Å². The van der Waals surface area contributed by atoms with Gasteiger partial charge in [-0.15, -0.1) is 11.3 Å². The second-order valence-corrected chi connectivity index (χ2v) is 6.21. The van der Waals surface area contributed by atoms with E-state index in [4.69, 9.17) is 0 Å². The largest absolute Gasteiger partial charge is 0.330 e. The van der Waals surface area contributed by atoms with Gasteiger partial charge in [0.2, 0.25) is 0 Å². The standard InChI is InChI=1S/C19H16FNOS/c1-21(19(22)17-8-5-13-23-17)18(14-6-3-2-4-7-14)15-9-11-16(20)12-10-15/h2-13,18H,1H3. The molecule has 0 N–H and O–H groups in total. The summed E-state index contributed by atoms with van der Waals surface area (Å²) < 4.78 is 13.3. The molecule has 3 rings (SSSR count). The molecule has 116 valence electrons. The third kappa shape index (κ3) is 3.32. The minimum Gasteiger partial charge on any atom is -0.330 e. The lowest BCUT2D eigenvalue weighted by Crippen LogP contribution is -2.31. The monoisotopic (exact) mass is 325 g/mol. The summed E-state index contributed by atoms with van der Waals surface area (Å²) in [6, 6.07) is 19.5. The van der Waals surface area contributed by atoms with E-state index in [0.29, 0.717) is 4.88 Å². The van der Waals surface area contributed by atoms with E-state index in [9.17, 15) is 9.18 Å². The van der Waals surface area contributed by atoms with Gasteiger partial charge in [0.25, 0.3) is 5.91 Å². The molecule has 0 fully saturated rings. The van der Waals surface area contributed by atoms with Crippen molar-refractivity contribution in [3.63, 3.8) is 0 Å². The summed E-state index contributed by atoms with van der Waals surface area (Å²) in [7, 11) is 1.78. The van der Waals surface area contributed by atoms with Crippen molar-refractivity contribution in [1.29, 1.82) is 0 Å². The lowest BCUT2D eigenvalue weighted by Gasteiger charge is -2.29. The van der Waals surface area contributed by atoms with Crippen LogP contribution in [0.25, 0.3) is 0 Å². The molecule has 4 heteroatoms. The molecular formula is C19H16FNOS. The number of carbonyl (C=O) groups excluding carboxylic acids is 1. The van der Waals surface area contributed by atoms with Crippen LogP contribution < -0.4 is 0 Å². The zero-order chi connectivity index (χ0) is 16.2. The zero-order valence-electron chi connectivity index (χ0n) is 12.6. The van der Waals surface area contributed by atoms with Crippen LogP contribution in [0, 0.1) is 5.82 Å². The summed E-state index contributed by atoms with van der Waals surface area (Å²) in [5.74, 6) is -0.328. The Morgan fingerprint density at radius 2 is 1.61 bits per heavy atom. The van der Waals surface area contributed by atoms with Gasteiger partial charge in [-0.05, 0) is 34.7 Å². The second-order valence-electron chi connectivity index (χ2n) is 5.26. The van der Waals surface area contributed by atoms with E-state index in [1.165, 1.54) is 23.5 Å². The molecule has 0 saturated carbocycles. The molecule has 1 unspecified atom stereocenters. The van der Waals surface area contributed by atoms with Crippen molar-refractivity contribution in [2.24, 2.45) is 0 Å². The predicted molar refractivity (Wildman–Crippen MR) is 91.1 cm³/mol. The van der Waals surface area contributed by atoms with E-state index in [1.807, 2.05) is 47.8 Å². The Bertz CT molecular complexity index is 769. The third-order valence-corrected chi connectivity index (χ3v) is 4.60. The highest BCUT2D eigenvalue weighted by Gasteiger charge is 2.24. The Balaban J connectivity index is 2.01. The van der Waals surface area contributed by atoms with Crippen LogP contribution in [0.15, 0.2) is 72.1 Å². The zero-order valence-corrected chi connectivity index (χ0v) is 13.5. The maximum absolute atomic E-state index is 13.3. The van der Waals surface area contributed by atoms with Gasteiger partial charge in [0.05, 0.1) is 10.9 Å². The van der Waals surface area contributed by atoms with Crippen LogP contribution >= 0.6 is 11.3 Å². The fourth-order valence-corrected chi connectivity index (χ4v) is 3.32. The highest BCUT2D eigenvalue weighted by molar-refractivity contribution is 7.12. The third-order valence-electron chi connectivity index (χ3n) is 3.74. The molecule has 0 aliphatic rings. The van der Waals surface area contributed by atoms with Gasteiger partial charge in [-0.2, -0.15) is 0 Å². The average molecular weight is 325 g/mol. The van der Waals surface area contributed by atoms with Gasteiger partial charge in [0.15, 0.2) is 0 Å². The molecule has 1 atom stereocenters. The molecule has 1 aromatic heterocycles. The van der Waals surface area contributed by atoms with Gasteiger partial charge in [0, 0.05) is 7.05 Å². The van der Waals surface area contributed by atoms with Crippen LogP contribution in [0.2, 0.25) is 0 Å². The quantitative estimate of drug-likeness (QED) is 0.678. The summed E-state index contributed by atoms with van der Waals surface area (Å²) in [4.78, 5) is 15.1. The van der Waals surface area contributed by atoms with Gasteiger partial charge in [0.1, 0.15) is 5.82 Å². The Hall–Kier alpha value is -2.46. The smallest absolute Gasteiger partial charge is 0.264 e. The maximum atomic E-state index is 13.3. The molecule has 2 nitrogen and oxygen atoms in total. The number of hydrogen-bond acceptors (Lipinski definition) is 2. The van der Waals surface area contributed by atoms with Gasteiger partial charge in [-0.1, -0.05) is 48.5 Å². The molecule has 0 saturated heterocycles. The van der Waals surface area contributed by atoms with Crippen molar-refractivity contribution in [1.82, 2.24) is 4.90 Å². The summed E-state index contributed by atoms with van der Waals surface area (Å²) >= 11 is 1.42. The van der Waals surface area contributed by atoms with Gasteiger partial charge >= 0.3 is 0 Å². The van der Waals surface area contributed by atoms with Gasteiger partial charge < -0.3 is 4.90 Å². The number of amides is 1. The number of halogens is 1. The molecule has 0 radical (unpaired) electrons. The normalized spacial score (nSPS) is 11.9. The molecule has 2 aromatic carbocycles. The van der Waals surface area contributed by atoms with Crippen LogP contribution in [-0.4, -0.2) is 17.9 Å². The highest BCUT2D eigenvalue weighted by Crippen LogP contribution is 2.29. The predicted octanol–water partition coefficient (Wildman–Crippen LogP) is 4.75. The maximum Gasteiger partial charge on any atom is 0.264 e. The highest BCUT2D eigenvalue weighted by atomic mass is 32.1. The van der Waals surface area contributed by atoms with Crippen molar-refractivity contribution in [3.05, 3.63) is 93.9 Å². The SMILES string of the molecule is CN(C(=O)c1cccs1)C(c1ccccc1)c1ccc(F)cc1. The van der Waals surface area contributed by atoms with Crippen molar-refractivity contribution < 1.29 is 9.18 Å².